The number of aryl methyl sites for hydroxylation is 1. The molecular weight excluding hydrogens is 412 g/mol. The van der Waals surface area contributed by atoms with E-state index in [4.69, 9.17) is 0 Å². The lowest BCUT2D eigenvalue weighted by molar-refractivity contribution is -0.584. The number of fused-ring (bicyclic) bond motifs is 1. The predicted octanol–water partition coefficient (Wildman–Crippen LogP) is 7.25. The van der Waals surface area contributed by atoms with Gasteiger partial charge >= 0.3 is 0 Å². The lowest BCUT2D eigenvalue weighted by atomic mass is 9.72. The van der Waals surface area contributed by atoms with Crippen LogP contribution >= 0.6 is 0 Å². The van der Waals surface area contributed by atoms with Crippen molar-refractivity contribution < 1.29 is 4.57 Å². The van der Waals surface area contributed by atoms with Crippen molar-refractivity contribution in [2.24, 2.45) is 0 Å². The van der Waals surface area contributed by atoms with Gasteiger partial charge in [-0.15, -0.1) is 0 Å². The van der Waals surface area contributed by atoms with Gasteiger partial charge in [-0.2, -0.15) is 4.57 Å². The Hall–Kier alpha value is -3.39. The Bertz CT molecular complexity index is 1300. The van der Waals surface area contributed by atoms with Crippen LogP contribution in [0.25, 0.3) is 11.9 Å². The highest BCUT2D eigenvalue weighted by Crippen LogP contribution is 2.46. The second-order valence-electron chi connectivity index (χ2n) is 9.97. The molecule has 1 aromatic heterocycles. The third-order valence-electron chi connectivity index (χ3n) is 8.03. The van der Waals surface area contributed by atoms with Crippen molar-refractivity contribution in [3.8, 4) is 5.69 Å². The van der Waals surface area contributed by atoms with Crippen LogP contribution in [0, 0.1) is 13.8 Å². The summed E-state index contributed by atoms with van der Waals surface area (Å²) in [5.41, 5.74) is 7.70. The lowest BCUT2D eigenvalue weighted by Gasteiger charge is -2.27. The van der Waals surface area contributed by atoms with Gasteiger partial charge < -0.3 is 0 Å². The number of aromatic nitrogens is 2. The molecule has 1 aliphatic heterocycles. The van der Waals surface area contributed by atoms with E-state index in [1.54, 1.807) is 0 Å². The van der Waals surface area contributed by atoms with Crippen molar-refractivity contribution in [1.29, 1.82) is 0 Å². The highest BCUT2D eigenvalue weighted by molar-refractivity contribution is 5.59. The van der Waals surface area contributed by atoms with Crippen LogP contribution in [0.5, 0.6) is 0 Å². The molecule has 170 valence electrons. The third kappa shape index (κ3) is 3.12. The molecule has 0 saturated heterocycles. The lowest BCUT2D eigenvalue weighted by Crippen LogP contribution is -2.39. The van der Waals surface area contributed by atoms with E-state index in [1.807, 2.05) is 0 Å². The van der Waals surface area contributed by atoms with Crippen molar-refractivity contribution in [3.05, 3.63) is 125 Å². The zero-order valence-corrected chi connectivity index (χ0v) is 20.2. The minimum Gasteiger partial charge on any atom is -0.201 e. The zero-order chi connectivity index (χ0) is 23.1. The van der Waals surface area contributed by atoms with Gasteiger partial charge in [-0.3, -0.25) is 0 Å². The Kier molecular flexibility index (Phi) is 5.25. The summed E-state index contributed by atoms with van der Waals surface area (Å²) < 4.78 is 5.14. The molecule has 0 bridgehead atoms. The highest BCUT2D eigenvalue weighted by Gasteiger charge is 2.49. The molecule has 0 radical (unpaired) electrons. The smallest absolute Gasteiger partial charge is 0.201 e. The molecule has 4 aromatic rings. The molecular formula is C32H33N2+. The number of imidazole rings is 1. The van der Waals surface area contributed by atoms with Gasteiger partial charge in [0.15, 0.2) is 11.4 Å². The standard InChI is InChI=1S/C32H33N2/c1-24-14-12-13-21-29(24)34-25(2)30-32(27-17-8-4-9-18-27,28-19-10-5-11-20-28)22-23-33(30)31(34)26-15-6-3-7-16-26/h4-5,8-14,17-23,26H,3,6-7,15-16H2,1-2H3/q+1. The predicted molar refractivity (Wildman–Crippen MR) is 139 cm³/mol. The summed E-state index contributed by atoms with van der Waals surface area (Å²) in [6.07, 6.45) is 11.4. The first-order valence-electron chi connectivity index (χ1n) is 12.8. The molecule has 2 heteroatoms. The third-order valence-corrected chi connectivity index (χ3v) is 8.03. The summed E-state index contributed by atoms with van der Waals surface area (Å²) in [6, 6.07) is 31.0. The fraction of sp³-hybridized carbons (Fsp3) is 0.281. The first-order chi connectivity index (χ1) is 16.7. The van der Waals surface area contributed by atoms with Crippen molar-refractivity contribution in [2.75, 3.05) is 0 Å². The number of hydrogen-bond donors (Lipinski definition) is 0. The number of para-hydroxylation sites is 1. The number of rotatable bonds is 4. The van der Waals surface area contributed by atoms with E-state index in [1.165, 1.54) is 71.7 Å². The largest absolute Gasteiger partial charge is 0.269 e. The molecule has 0 spiro atoms. The monoisotopic (exact) mass is 445 g/mol. The van der Waals surface area contributed by atoms with Crippen LogP contribution in [0.2, 0.25) is 0 Å². The summed E-state index contributed by atoms with van der Waals surface area (Å²) in [5.74, 6) is 2.03. The van der Waals surface area contributed by atoms with Crippen LogP contribution in [0.3, 0.4) is 0 Å². The number of allylic oxidation sites excluding steroid dienone is 1. The van der Waals surface area contributed by atoms with Crippen molar-refractivity contribution >= 4 is 6.20 Å². The second kappa shape index (κ2) is 8.43. The minimum atomic E-state index is -0.302. The van der Waals surface area contributed by atoms with E-state index in [2.05, 4.69) is 120 Å². The summed E-state index contributed by atoms with van der Waals surface area (Å²) in [7, 11) is 0. The van der Waals surface area contributed by atoms with Gasteiger partial charge in [-0.05, 0) is 48.6 Å². The Morgan fingerprint density at radius 1 is 0.735 bits per heavy atom. The van der Waals surface area contributed by atoms with Gasteiger partial charge in [-0.25, -0.2) is 4.57 Å². The van der Waals surface area contributed by atoms with Crippen molar-refractivity contribution in [3.63, 3.8) is 0 Å². The van der Waals surface area contributed by atoms with Crippen LogP contribution < -0.4 is 4.57 Å². The Balaban J connectivity index is 1.69. The Morgan fingerprint density at radius 2 is 1.32 bits per heavy atom. The van der Waals surface area contributed by atoms with E-state index in [0.29, 0.717) is 5.92 Å². The van der Waals surface area contributed by atoms with Crippen LogP contribution in [0.4, 0.5) is 0 Å². The molecule has 0 atom stereocenters. The first-order valence-corrected chi connectivity index (χ1v) is 12.8. The summed E-state index contributed by atoms with van der Waals surface area (Å²) in [5, 5.41) is 0. The molecule has 6 rings (SSSR count). The normalized spacial score (nSPS) is 17.1. The quantitative estimate of drug-likeness (QED) is 0.293. The first kappa shape index (κ1) is 21.2. The van der Waals surface area contributed by atoms with E-state index in [9.17, 15) is 0 Å². The topological polar surface area (TPSA) is 8.81 Å². The minimum absolute atomic E-state index is 0.302. The van der Waals surface area contributed by atoms with Crippen molar-refractivity contribution in [2.45, 2.75) is 57.3 Å². The molecule has 0 unspecified atom stereocenters. The summed E-state index contributed by atoms with van der Waals surface area (Å²) >= 11 is 0. The SMILES string of the molecule is Cc1ccccc1-n1c(C)c2[n+](c1C1CCCCC1)C=CC2(c1ccccc1)c1ccccc1. The van der Waals surface area contributed by atoms with E-state index < -0.39 is 0 Å². The fourth-order valence-electron chi connectivity index (χ4n) is 6.46. The fourth-order valence-corrected chi connectivity index (χ4v) is 6.46. The van der Waals surface area contributed by atoms with Gasteiger partial charge in [0, 0.05) is 6.92 Å². The van der Waals surface area contributed by atoms with Gasteiger partial charge in [0.1, 0.15) is 11.1 Å². The van der Waals surface area contributed by atoms with Gasteiger partial charge in [0.2, 0.25) is 0 Å². The molecule has 1 aliphatic carbocycles. The maximum Gasteiger partial charge on any atom is 0.269 e. The average Bonchev–Trinajstić information content (AvgIpc) is 3.43. The van der Waals surface area contributed by atoms with Gasteiger partial charge in [-0.1, -0.05) is 98.1 Å². The maximum absolute atomic E-state index is 2.59. The molecule has 3 aromatic carbocycles. The van der Waals surface area contributed by atoms with Crippen LogP contribution in [0.15, 0.2) is 91.0 Å². The molecule has 1 fully saturated rings. The maximum atomic E-state index is 2.59. The molecule has 2 heterocycles. The van der Waals surface area contributed by atoms with Crippen LogP contribution in [0.1, 0.15) is 71.9 Å². The molecule has 0 N–H and O–H groups in total. The number of hydrogen-bond acceptors (Lipinski definition) is 0. The zero-order valence-electron chi connectivity index (χ0n) is 20.2. The Labute approximate surface area is 203 Å². The Morgan fingerprint density at radius 3 is 1.94 bits per heavy atom. The van der Waals surface area contributed by atoms with Crippen LogP contribution in [-0.4, -0.2) is 4.57 Å². The average molecular weight is 446 g/mol. The van der Waals surface area contributed by atoms with E-state index >= 15 is 0 Å². The molecule has 2 aliphatic rings. The second-order valence-corrected chi connectivity index (χ2v) is 9.97. The molecule has 0 amide bonds. The van der Waals surface area contributed by atoms with Crippen LogP contribution in [-0.2, 0) is 5.41 Å². The van der Waals surface area contributed by atoms with Gasteiger partial charge in [0.25, 0.3) is 5.82 Å². The van der Waals surface area contributed by atoms with E-state index in [-0.39, 0.29) is 5.41 Å². The number of benzene rings is 3. The summed E-state index contributed by atoms with van der Waals surface area (Å²) in [4.78, 5) is 0. The summed E-state index contributed by atoms with van der Waals surface area (Å²) in [6.45, 7) is 4.57. The van der Waals surface area contributed by atoms with Gasteiger partial charge in [0.05, 0.1) is 12.1 Å². The highest BCUT2D eigenvalue weighted by atomic mass is 15.2. The molecule has 34 heavy (non-hydrogen) atoms. The van der Waals surface area contributed by atoms with E-state index in [0.717, 1.165) is 0 Å². The van der Waals surface area contributed by atoms with Crippen molar-refractivity contribution in [1.82, 2.24) is 4.57 Å². The number of nitrogens with zero attached hydrogens (tertiary/aromatic N) is 2. The molecule has 2 nitrogen and oxygen atoms in total. The molecule has 1 saturated carbocycles.